The lowest BCUT2D eigenvalue weighted by molar-refractivity contribution is 0.0682. The first-order valence-electron chi connectivity index (χ1n) is 9.37. The first kappa shape index (κ1) is 23.7. The number of hydrogen-bond donors (Lipinski definition) is 4. The van der Waals surface area contributed by atoms with Gasteiger partial charge in [-0.25, -0.2) is 9.59 Å². The molecule has 0 amide bonds. The molecule has 0 saturated heterocycles. The van der Waals surface area contributed by atoms with Crippen molar-refractivity contribution in [1.29, 1.82) is 0 Å². The molecule has 0 aromatic heterocycles. The fourth-order valence-corrected chi connectivity index (χ4v) is 3.21. The van der Waals surface area contributed by atoms with Crippen molar-refractivity contribution in [2.24, 2.45) is 0 Å². The van der Waals surface area contributed by atoms with Crippen molar-refractivity contribution >= 4 is 49.4 Å². The van der Waals surface area contributed by atoms with Gasteiger partial charge in [-0.2, -0.15) is 0 Å². The molecule has 0 atom stereocenters. The molecule has 0 aliphatic heterocycles. The monoisotopic (exact) mass is 484 g/mol. The average molecular weight is 485 g/mol. The van der Waals surface area contributed by atoms with Crippen molar-refractivity contribution in [2.75, 3.05) is 0 Å². The Kier molecular flexibility index (Phi) is 7.99. The minimum absolute atomic E-state index is 0.0660. The Morgan fingerprint density at radius 1 is 0.645 bits per heavy atom. The van der Waals surface area contributed by atoms with Crippen LogP contribution in [0.15, 0.2) is 71.2 Å². The summed E-state index contributed by atoms with van der Waals surface area (Å²) in [6.45, 7) is 4.00. The van der Waals surface area contributed by atoms with Gasteiger partial charge in [-0.05, 0) is 57.9 Å². The molecule has 4 N–H and O–H groups in total. The highest BCUT2D eigenvalue weighted by Gasteiger charge is 2.11. The molecule has 0 saturated carbocycles. The molecule has 0 aliphatic carbocycles. The van der Waals surface area contributed by atoms with E-state index in [2.05, 4.69) is 15.9 Å². The quantitative estimate of drug-likeness (QED) is 0.266. The predicted molar refractivity (Wildman–Crippen MR) is 124 cm³/mol. The second-order valence-corrected chi connectivity index (χ2v) is 7.10. The summed E-state index contributed by atoms with van der Waals surface area (Å²) in [6.07, 6.45) is 0. The highest BCUT2D eigenvalue weighted by molar-refractivity contribution is 9.10. The number of fused-ring (bicyclic) bond motifs is 2. The number of aromatic carboxylic acids is 2. The Labute approximate surface area is 187 Å². The lowest BCUT2D eigenvalue weighted by Gasteiger charge is -2.03. The van der Waals surface area contributed by atoms with Gasteiger partial charge in [-0.1, -0.05) is 60.1 Å². The summed E-state index contributed by atoms with van der Waals surface area (Å²) in [4.78, 5) is 21.5. The highest BCUT2D eigenvalue weighted by Crippen LogP contribution is 2.27. The number of halogens is 1. The maximum atomic E-state index is 10.8. The molecule has 0 heterocycles. The minimum Gasteiger partial charge on any atom is -0.507 e. The summed E-state index contributed by atoms with van der Waals surface area (Å²) in [6, 6.07) is 18.6. The molecule has 160 valence electrons. The minimum atomic E-state index is -1.13. The van der Waals surface area contributed by atoms with Crippen LogP contribution in [-0.4, -0.2) is 32.4 Å². The van der Waals surface area contributed by atoms with Gasteiger partial charge in [0.25, 0.3) is 0 Å². The van der Waals surface area contributed by atoms with Gasteiger partial charge in [0.05, 0.1) is 0 Å². The van der Waals surface area contributed by atoms with Crippen molar-refractivity contribution in [3.8, 4) is 11.5 Å². The standard InChI is InChI=1S/C11H7BrO3.C11H8O3.C2H6/c12-8-2-1-6-5-10(13)9(11(14)15)4-7(6)3-8;12-10-6-8-4-2-1-3-7(8)5-9(10)11(13)14;1-2/h1-5,13H,(H,14,15);1-6,12H,(H,13,14);1-2H3. The van der Waals surface area contributed by atoms with E-state index in [0.29, 0.717) is 0 Å². The van der Waals surface area contributed by atoms with Gasteiger partial charge < -0.3 is 20.4 Å². The predicted octanol–water partition coefficient (Wildman–Crippen LogP) is 6.28. The SMILES string of the molecule is CC.O=C(O)c1cc2cc(Br)ccc2cc1O.O=C(O)c1cc2ccccc2cc1O. The molecule has 0 bridgehead atoms. The zero-order valence-electron chi connectivity index (χ0n) is 16.8. The first-order chi connectivity index (χ1) is 14.8. The summed E-state index contributed by atoms with van der Waals surface area (Å²) in [5.74, 6) is -2.66. The Balaban J connectivity index is 0.000000204. The van der Waals surface area contributed by atoms with Crippen LogP contribution in [0.2, 0.25) is 0 Å². The third-order valence-corrected chi connectivity index (χ3v) is 4.73. The van der Waals surface area contributed by atoms with Gasteiger partial charge >= 0.3 is 11.9 Å². The average Bonchev–Trinajstić information content (AvgIpc) is 2.74. The van der Waals surface area contributed by atoms with E-state index in [0.717, 1.165) is 26.0 Å². The maximum absolute atomic E-state index is 10.8. The van der Waals surface area contributed by atoms with Crippen molar-refractivity contribution < 1.29 is 30.0 Å². The lowest BCUT2D eigenvalue weighted by atomic mass is 10.1. The number of hydrogen-bond acceptors (Lipinski definition) is 4. The Morgan fingerprint density at radius 3 is 1.55 bits per heavy atom. The number of carboxylic acids is 2. The number of rotatable bonds is 2. The normalized spacial score (nSPS) is 9.90. The molecular weight excluding hydrogens is 464 g/mol. The number of carboxylic acid groups (broad SMARTS) is 2. The van der Waals surface area contributed by atoms with Crippen LogP contribution in [0.5, 0.6) is 11.5 Å². The van der Waals surface area contributed by atoms with Gasteiger partial charge in [0.1, 0.15) is 22.6 Å². The molecule has 4 rings (SSSR count). The van der Waals surface area contributed by atoms with Gasteiger partial charge in [0.15, 0.2) is 0 Å². The van der Waals surface area contributed by atoms with Gasteiger partial charge in [0.2, 0.25) is 0 Å². The molecule has 7 heteroatoms. The smallest absolute Gasteiger partial charge is 0.339 e. The first-order valence-corrected chi connectivity index (χ1v) is 10.2. The van der Waals surface area contributed by atoms with Gasteiger partial charge in [-0.3, -0.25) is 0 Å². The fourth-order valence-electron chi connectivity index (χ4n) is 2.83. The van der Waals surface area contributed by atoms with Crippen LogP contribution < -0.4 is 0 Å². The van der Waals surface area contributed by atoms with E-state index < -0.39 is 11.9 Å². The van der Waals surface area contributed by atoms with Crippen LogP contribution in [0.4, 0.5) is 0 Å². The number of benzene rings is 4. The third kappa shape index (κ3) is 5.73. The van der Waals surface area contributed by atoms with E-state index in [1.807, 2.05) is 44.2 Å². The van der Waals surface area contributed by atoms with E-state index in [1.165, 1.54) is 24.3 Å². The Bertz CT molecular complexity index is 1250. The topological polar surface area (TPSA) is 115 Å². The zero-order valence-corrected chi connectivity index (χ0v) is 18.4. The van der Waals surface area contributed by atoms with Crippen LogP contribution in [0, 0.1) is 0 Å². The fraction of sp³-hybridized carbons (Fsp3) is 0.0833. The molecule has 0 fully saturated rings. The van der Waals surface area contributed by atoms with Crippen LogP contribution >= 0.6 is 15.9 Å². The molecule has 6 nitrogen and oxygen atoms in total. The van der Waals surface area contributed by atoms with Crippen molar-refractivity contribution in [2.45, 2.75) is 13.8 Å². The molecular formula is C24H21BrO6. The maximum Gasteiger partial charge on any atom is 0.339 e. The number of phenols is 2. The largest absolute Gasteiger partial charge is 0.507 e. The van der Waals surface area contributed by atoms with Crippen molar-refractivity contribution in [1.82, 2.24) is 0 Å². The van der Waals surface area contributed by atoms with Gasteiger partial charge in [-0.15, -0.1) is 0 Å². The second-order valence-electron chi connectivity index (χ2n) is 6.19. The molecule has 31 heavy (non-hydrogen) atoms. The number of carbonyl (C=O) groups is 2. The lowest BCUT2D eigenvalue weighted by Crippen LogP contribution is -1.96. The second kappa shape index (κ2) is 10.4. The van der Waals surface area contributed by atoms with Crippen LogP contribution in [0.1, 0.15) is 34.6 Å². The molecule has 4 aromatic rings. The Hall–Kier alpha value is -3.58. The molecule has 4 aromatic carbocycles. The van der Waals surface area contributed by atoms with Crippen molar-refractivity contribution in [3.63, 3.8) is 0 Å². The van der Waals surface area contributed by atoms with E-state index in [4.69, 9.17) is 10.2 Å². The summed E-state index contributed by atoms with van der Waals surface area (Å²) in [7, 11) is 0. The van der Waals surface area contributed by atoms with Crippen LogP contribution in [-0.2, 0) is 0 Å². The van der Waals surface area contributed by atoms with Crippen LogP contribution in [0.3, 0.4) is 0 Å². The molecule has 0 aliphatic rings. The summed E-state index contributed by atoms with van der Waals surface area (Å²) < 4.78 is 0.872. The summed E-state index contributed by atoms with van der Waals surface area (Å²) in [5, 5.41) is 39.7. The summed E-state index contributed by atoms with van der Waals surface area (Å²) >= 11 is 3.30. The highest BCUT2D eigenvalue weighted by atomic mass is 79.9. The summed E-state index contributed by atoms with van der Waals surface area (Å²) in [5.41, 5.74) is -0.149. The third-order valence-electron chi connectivity index (χ3n) is 4.24. The number of aromatic hydroxyl groups is 2. The van der Waals surface area contributed by atoms with Crippen LogP contribution in [0.25, 0.3) is 21.5 Å². The zero-order chi connectivity index (χ0) is 23.1. The van der Waals surface area contributed by atoms with E-state index in [9.17, 15) is 19.8 Å². The van der Waals surface area contributed by atoms with E-state index in [1.54, 1.807) is 12.1 Å². The molecule has 0 unspecified atom stereocenters. The van der Waals surface area contributed by atoms with E-state index >= 15 is 0 Å². The van der Waals surface area contributed by atoms with Gasteiger partial charge in [0, 0.05) is 4.47 Å². The molecule has 0 radical (unpaired) electrons. The Morgan fingerprint density at radius 2 is 1.06 bits per heavy atom. The van der Waals surface area contributed by atoms with E-state index in [-0.39, 0.29) is 22.6 Å². The van der Waals surface area contributed by atoms with Crippen molar-refractivity contribution in [3.05, 3.63) is 82.3 Å². The molecule has 0 spiro atoms.